The van der Waals surface area contributed by atoms with Crippen LogP contribution in [0.2, 0.25) is 0 Å². The van der Waals surface area contributed by atoms with Crippen LogP contribution in [0.1, 0.15) is 0 Å². The molecule has 7 heteroatoms. The van der Waals surface area contributed by atoms with Crippen LogP contribution in [0.15, 0.2) is 29.1 Å². The van der Waals surface area contributed by atoms with E-state index in [-0.39, 0.29) is 0 Å². The fourth-order valence-electron chi connectivity index (χ4n) is 1.79. The zero-order chi connectivity index (χ0) is 12.7. The Morgan fingerprint density at radius 3 is 2.78 bits per heavy atom. The number of nitrogens with one attached hydrogen (secondary N) is 1. The van der Waals surface area contributed by atoms with Gasteiger partial charge in [-0.15, -0.1) is 5.10 Å². The molecule has 1 N–H and O–H groups in total. The molecule has 0 fully saturated rings. The number of aromatic amines is 1. The summed E-state index contributed by atoms with van der Waals surface area (Å²) in [5.74, 6) is 1.46. The van der Waals surface area contributed by atoms with Crippen molar-refractivity contribution in [2.24, 2.45) is 14.1 Å². The quantitative estimate of drug-likeness (QED) is 0.787. The number of rotatable bonds is 2. The molecule has 0 aliphatic heterocycles. The maximum Gasteiger partial charge on any atom is 0.199 e. The third-order valence-electron chi connectivity index (χ3n) is 2.71. The van der Waals surface area contributed by atoms with Gasteiger partial charge in [-0.05, 0) is 28.1 Å². The van der Waals surface area contributed by atoms with Gasteiger partial charge in [-0.3, -0.25) is 5.10 Å². The Morgan fingerprint density at radius 2 is 2.17 bits per heavy atom. The Hall–Kier alpha value is -1.89. The number of nitrogens with zero attached hydrogens (tertiary/aromatic N) is 5. The lowest BCUT2D eigenvalue weighted by molar-refractivity contribution is 0.776. The fraction of sp³-hybridized carbons (Fsp3) is 0.182. The van der Waals surface area contributed by atoms with Crippen molar-refractivity contribution in [3.8, 4) is 22.9 Å². The number of aromatic nitrogens is 6. The van der Waals surface area contributed by atoms with Gasteiger partial charge >= 0.3 is 0 Å². The van der Waals surface area contributed by atoms with Gasteiger partial charge in [0.25, 0.3) is 0 Å². The molecule has 3 aromatic rings. The van der Waals surface area contributed by atoms with E-state index in [9.17, 15) is 0 Å². The van der Waals surface area contributed by atoms with Gasteiger partial charge in [-0.25, -0.2) is 9.67 Å². The van der Waals surface area contributed by atoms with Crippen LogP contribution in [0.4, 0.5) is 0 Å². The molecule has 3 rings (SSSR count). The first-order valence-electron chi connectivity index (χ1n) is 5.38. The predicted octanol–water partition coefficient (Wildman–Crippen LogP) is 1.97. The smallest absolute Gasteiger partial charge is 0.199 e. The zero-order valence-electron chi connectivity index (χ0n) is 9.92. The second kappa shape index (κ2) is 4.09. The first-order valence-corrected chi connectivity index (χ1v) is 6.17. The van der Waals surface area contributed by atoms with Crippen LogP contribution in [0.3, 0.4) is 0 Å². The van der Waals surface area contributed by atoms with E-state index in [2.05, 4.69) is 36.2 Å². The largest absolute Gasteiger partial charge is 0.345 e. The van der Waals surface area contributed by atoms with E-state index in [0.717, 1.165) is 21.7 Å². The molecule has 3 heterocycles. The molecule has 0 unspecified atom stereocenters. The molecule has 0 atom stereocenters. The van der Waals surface area contributed by atoms with E-state index in [1.807, 2.05) is 37.0 Å². The minimum absolute atomic E-state index is 0.643. The molecule has 0 spiro atoms. The number of halogens is 1. The summed E-state index contributed by atoms with van der Waals surface area (Å²) in [6.07, 6.45) is 3.69. The van der Waals surface area contributed by atoms with Crippen molar-refractivity contribution < 1.29 is 0 Å². The van der Waals surface area contributed by atoms with Crippen molar-refractivity contribution in [2.45, 2.75) is 0 Å². The van der Waals surface area contributed by atoms with Crippen LogP contribution in [0, 0.1) is 0 Å². The van der Waals surface area contributed by atoms with Gasteiger partial charge in [0.05, 0.1) is 4.60 Å². The highest BCUT2D eigenvalue weighted by Crippen LogP contribution is 2.24. The molecular weight excluding hydrogens is 296 g/mol. The second-order valence-electron chi connectivity index (χ2n) is 4.02. The Kier molecular flexibility index (Phi) is 2.55. The zero-order valence-corrected chi connectivity index (χ0v) is 11.5. The molecule has 6 nitrogen and oxygen atoms in total. The van der Waals surface area contributed by atoms with E-state index in [4.69, 9.17) is 0 Å². The van der Waals surface area contributed by atoms with Crippen molar-refractivity contribution in [3.05, 3.63) is 29.1 Å². The van der Waals surface area contributed by atoms with Crippen LogP contribution in [0.25, 0.3) is 22.9 Å². The molecule has 0 aromatic carbocycles. The van der Waals surface area contributed by atoms with Crippen LogP contribution >= 0.6 is 15.9 Å². The Bertz CT molecular complexity index is 659. The van der Waals surface area contributed by atoms with Gasteiger partial charge in [-0.2, -0.15) is 5.10 Å². The van der Waals surface area contributed by atoms with Gasteiger partial charge in [0.1, 0.15) is 5.69 Å². The molecule has 0 saturated heterocycles. The van der Waals surface area contributed by atoms with Gasteiger partial charge in [0, 0.05) is 32.1 Å². The highest BCUT2D eigenvalue weighted by molar-refractivity contribution is 9.10. The van der Waals surface area contributed by atoms with Crippen LogP contribution in [0.5, 0.6) is 0 Å². The summed E-state index contributed by atoms with van der Waals surface area (Å²) < 4.78 is 4.75. The molecule has 3 aromatic heterocycles. The van der Waals surface area contributed by atoms with E-state index >= 15 is 0 Å². The van der Waals surface area contributed by atoms with Gasteiger partial charge in [0.15, 0.2) is 11.6 Å². The number of H-pyrrole nitrogens is 1. The average molecular weight is 307 g/mol. The lowest BCUT2D eigenvalue weighted by atomic mass is 10.3. The molecule has 0 saturated carbocycles. The summed E-state index contributed by atoms with van der Waals surface area (Å²) in [6, 6.07) is 3.86. The predicted molar refractivity (Wildman–Crippen MR) is 70.7 cm³/mol. The molecule has 92 valence electrons. The number of hydrogen-bond acceptors (Lipinski definition) is 3. The van der Waals surface area contributed by atoms with E-state index < -0.39 is 0 Å². The van der Waals surface area contributed by atoms with E-state index in [0.29, 0.717) is 5.82 Å². The summed E-state index contributed by atoms with van der Waals surface area (Å²) in [5.41, 5.74) is 1.83. The van der Waals surface area contributed by atoms with Crippen molar-refractivity contribution in [3.63, 3.8) is 0 Å². The molecule has 0 amide bonds. The van der Waals surface area contributed by atoms with Gasteiger partial charge < -0.3 is 4.57 Å². The first-order chi connectivity index (χ1) is 8.65. The van der Waals surface area contributed by atoms with Crippen LogP contribution in [-0.2, 0) is 14.1 Å². The second-order valence-corrected chi connectivity index (χ2v) is 4.83. The van der Waals surface area contributed by atoms with Crippen molar-refractivity contribution >= 4 is 15.9 Å². The third kappa shape index (κ3) is 1.76. The van der Waals surface area contributed by atoms with E-state index in [1.54, 1.807) is 10.9 Å². The minimum atomic E-state index is 0.643. The SMILES string of the molecule is Cn1cc(-c2nc(-c3ccn[nH]3)nn2C)cc1Br. The Labute approximate surface area is 112 Å². The topological polar surface area (TPSA) is 64.3 Å². The molecule has 0 aliphatic rings. The van der Waals surface area contributed by atoms with Gasteiger partial charge in [-0.1, -0.05) is 0 Å². The van der Waals surface area contributed by atoms with Crippen LogP contribution in [-0.4, -0.2) is 29.5 Å². The summed E-state index contributed by atoms with van der Waals surface area (Å²) in [7, 11) is 3.85. The molecular formula is C11H11BrN6. The normalized spacial score (nSPS) is 11.1. The molecule has 0 aliphatic carbocycles. The maximum absolute atomic E-state index is 4.52. The van der Waals surface area contributed by atoms with Gasteiger partial charge in [0.2, 0.25) is 0 Å². The summed E-state index contributed by atoms with van der Waals surface area (Å²) >= 11 is 3.47. The maximum atomic E-state index is 4.52. The minimum Gasteiger partial charge on any atom is -0.345 e. The number of aryl methyl sites for hydroxylation is 2. The standard InChI is InChI=1S/C11H11BrN6/c1-17-6-7(5-9(17)12)11-14-10(16-18(11)2)8-3-4-13-15-8/h3-6H,1-2H3,(H,13,15). The first kappa shape index (κ1) is 11.2. The third-order valence-corrected chi connectivity index (χ3v) is 3.50. The van der Waals surface area contributed by atoms with Crippen molar-refractivity contribution in [1.29, 1.82) is 0 Å². The Balaban J connectivity index is 2.08. The van der Waals surface area contributed by atoms with Crippen molar-refractivity contribution in [2.75, 3.05) is 0 Å². The molecule has 18 heavy (non-hydrogen) atoms. The Morgan fingerprint density at radius 1 is 1.33 bits per heavy atom. The monoisotopic (exact) mass is 306 g/mol. The number of hydrogen-bond donors (Lipinski definition) is 1. The summed E-state index contributed by atoms with van der Waals surface area (Å²) in [6.45, 7) is 0. The molecule has 0 bridgehead atoms. The highest BCUT2D eigenvalue weighted by Gasteiger charge is 2.13. The molecule has 0 radical (unpaired) electrons. The average Bonchev–Trinajstić information content (AvgIpc) is 3.00. The lowest BCUT2D eigenvalue weighted by Gasteiger charge is -1.94. The highest BCUT2D eigenvalue weighted by atomic mass is 79.9. The fourth-order valence-corrected chi connectivity index (χ4v) is 2.14. The van der Waals surface area contributed by atoms with E-state index in [1.165, 1.54) is 0 Å². The van der Waals surface area contributed by atoms with Crippen LogP contribution < -0.4 is 0 Å². The summed E-state index contributed by atoms with van der Waals surface area (Å²) in [5, 5.41) is 11.1. The summed E-state index contributed by atoms with van der Waals surface area (Å²) in [4.78, 5) is 4.52. The lowest BCUT2D eigenvalue weighted by Crippen LogP contribution is -1.93. The van der Waals surface area contributed by atoms with Crippen molar-refractivity contribution in [1.82, 2.24) is 29.5 Å².